The van der Waals surface area contributed by atoms with E-state index in [1.165, 1.54) is 6.07 Å². The van der Waals surface area contributed by atoms with Gasteiger partial charge in [-0.25, -0.2) is 0 Å². The Balaban J connectivity index is 2.21. The van der Waals surface area contributed by atoms with Crippen molar-refractivity contribution < 1.29 is 13.2 Å². The van der Waals surface area contributed by atoms with Crippen LogP contribution < -0.4 is 5.32 Å². The summed E-state index contributed by atoms with van der Waals surface area (Å²) in [5.74, 6) is -0.0780. The molecule has 2 nitrogen and oxygen atoms in total. The second-order valence-electron chi connectivity index (χ2n) is 4.48. The molecule has 2 atom stereocenters. The Labute approximate surface area is 103 Å². The van der Waals surface area contributed by atoms with Gasteiger partial charge in [-0.1, -0.05) is 12.1 Å². The molecule has 0 aliphatic carbocycles. The van der Waals surface area contributed by atoms with Gasteiger partial charge < -0.3 is 5.32 Å². The highest BCUT2D eigenvalue weighted by Gasteiger charge is 2.31. The highest BCUT2D eigenvalue weighted by Crippen LogP contribution is 2.33. The fourth-order valence-electron chi connectivity index (χ4n) is 2.22. The summed E-state index contributed by atoms with van der Waals surface area (Å²) in [5, 5.41) is 12.0. The third-order valence-corrected chi connectivity index (χ3v) is 3.20. The highest BCUT2D eigenvalue weighted by molar-refractivity contribution is 5.28. The van der Waals surface area contributed by atoms with E-state index in [0.29, 0.717) is 18.5 Å². The van der Waals surface area contributed by atoms with Gasteiger partial charge in [0.05, 0.1) is 11.6 Å². The van der Waals surface area contributed by atoms with Crippen molar-refractivity contribution in [1.82, 2.24) is 5.32 Å². The summed E-state index contributed by atoms with van der Waals surface area (Å²) in [6, 6.07) is 7.34. The highest BCUT2D eigenvalue weighted by atomic mass is 19.4. The Kier molecular flexibility index (Phi) is 3.58. The smallest absolute Gasteiger partial charge is 0.310 e. The number of piperidine rings is 1. The van der Waals surface area contributed by atoms with Crippen LogP contribution in [0, 0.1) is 17.2 Å². The van der Waals surface area contributed by atoms with Gasteiger partial charge in [0.1, 0.15) is 0 Å². The topological polar surface area (TPSA) is 35.8 Å². The van der Waals surface area contributed by atoms with Crippen LogP contribution in [0.5, 0.6) is 0 Å². The number of benzene rings is 1. The molecule has 1 aliphatic rings. The molecule has 0 saturated carbocycles. The monoisotopic (exact) mass is 254 g/mol. The predicted molar refractivity (Wildman–Crippen MR) is 60.5 cm³/mol. The van der Waals surface area contributed by atoms with E-state index in [1.807, 2.05) is 0 Å². The lowest BCUT2D eigenvalue weighted by Crippen LogP contribution is -2.31. The van der Waals surface area contributed by atoms with Crippen molar-refractivity contribution in [3.05, 3.63) is 35.4 Å². The maximum absolute atomic E-state index is 12.6. The molecular weight excluding hydrogens is 241 g/mol. The van der Waals surface area contributed by atoms with E-state index >= 15 is 0 Å². The van der Waals surface area contributed by atoms with Crippen LogP contribution in [0.2, 0.25) is 0 Å². The number of rotatable bonds is 1. The van der Waals surface area contributed by atoms with Gasteiger partial charge in [-0.3, -0.25) is 0 Å². The maximum atomic E-state index is 12.6. The zero-order chi connectivity index (χ0) is 13.2. The fourth-order valence-corrected chi connectivity index (χ4v) is 2.22. The second-order valence-corrected chi connectivity index (χ2v) is 4.48. The van der Waals surface area contributed by atoms with E-state index in [2.05, 4.69) is 11.4 Å². The SMILES string of the molecule is N#CC1CCNC(c2cccc(C(F)(F)F)c2)C1. The normalized spacial score (nSPS) is 24.6. The Morgan fingerprint density at radius 1 is 1.33 bits per heavy atom. The number of nitrogens with zero attached hydrogens (tertiary/aromatic N) is 1. The molecule has 1 aromatic rings. The number of alkyl halides is 3. The molecule has 0 aromatic heterocycles. The van der Waals surface area contributed by atoms with E-state index in [0.717, 1.165) is 18.6 Å². The van der Waals surface area contributed by atoms with Crippen LogP contribution in [0.3, 0.4) is 0 Å². The lowest BCUT2D eigenvalue weighted by molar-refractivity contribution is -0.137. The zero-order valence-corrected chi connectivity index (χ0v) is 9.67. The van der Waals surface area contributed by atoms with Crippen LogP contribution in [-0.4, -0.2) is 6.54 Å². The van der Waals surface area contributed by atoms with Crippen LogP contribution in [0.4, 0.5) is 13.2 Å². The minimum absolute atomic E-state index is 0.0780. The van der Waals surface area contributed by atoms with E-state index in [-0.39, 0.29) is 12.0 Å². The van der Waals surface area contributed by atoms with Gasteiger partial charge in [0, 0.05) is 12.0 Å². The summed E-state index contributed by atoms with van der Waals surface area (Å²) in [4.78, 5) is 0. The zero-order valence-electron chi connectivity index (χ0n) is 9.67. The summed E-state index contributed by atoms with van der Waals surface area (Å²) >= 11 is 0. The summed E-state index contributed by atoms with van der Waals surface area (Å²) in [6.07, 6.45) is -3.00. The van der Waals surface area contributed by atoms with Crippen molar-refractivity contribution >= 4 is 0 Å². The number of nitrogens with one attached hydrogen (secondary N) is 1. The molecule has 1 fully saturated rings. The second kappa shape index (κ2) is 4.99. The maximum Gasteiger partial charge on any atom is 0.416 e. The number of hydrogen-bond acceptors (Lipinski definition) is 2. The lowest BCUT2D eigenvalue weighted by atomic mass is 9.89. The molecule has 1 aromatic carbocycles. The first-order chi connectivity index (χ1) is 8.50. The number of halogens is 3. The van der Waals surface area contributed by atoms with Crippen LogP contribution in [0.1, 0.15) is 30.0 Å². The fraction of sp³-hybridized carbons (Fsp3) is 0.462. The molecule has 0 radical (unpaired) electrons. The standard InChI is InChI=1S/C13H13F3N2/c14-13(15,16)11-3-1-2-10(7-11)12-6-9(8-17)4-5-18-12/h1-3,7,9,12,18H,4-6H2. The van der Waals surface area contributed by atoms with E-state index < -0.39 is 11.7 Å². The third kappa shape index (κ3) is 2.82. The number of nitriles is 1. The van der Waals surface area contributed by atoms with E-state index in [1.54, 1.807) is 6.07 Å². The van der Waals surface area contributed by atoms with Crippen molar-refractivity contribution in [2.75, 3.05) is 6.54 Å². The van der Waals surface area contributed by atoms with Gasteiger partial charge >= 0.3 is 6.18 Å². The molecule has 1 heterocycles. The molecule has 1 N–H and O–H groups in total. The largest absolute Gasteiger partial charge is 0.416 e. The van der Waals surface area contributed by atoms with Gasteiger partial charge in [-0.15, -0.1) is 0 Å². The summed E-state index contributed by atoms with van der Waals surface area (Å²) in [5.41, 5.74) is -0.0364. The van der Waals surface area contributed by atoms with E-state index in [4.69, 9.17) is 5.26 Å². The third-order valence-electron chi connectivity index (χ3n) is 3.20. The van der Waals surface area contributed by atoms with Gasteiger partial charge in [0.15, 0.2) is 0 Å². The minimum atomic E-state index is -4.32. The van der Waals surface area contributed by atoms with Crippen molar-refractivity contribution in [1.29, 1.82) is 5.26 Å². The van der Waals surface area contributed by atoms with Crippen LogP contribution in [0.25, 0.3) is 0 Å². The molecule has 1 aliphatic heterocycles. The molecular formula is C13H13F3N2. The average molecular weight is 254 g/mol. The average Bonchev–Trinajstić information content (AvgIpc) is 2.38. The Morgan fingerprint density at radius 2 is 2.11 bits per heavy atom. The van der Waals surface area contributed by atoms with Crippen molar-refractivity contribution in [3.63, 3.8) is 0 Å². The first-order valence-corrected chi connectivity index (χ1v) is 5.81. The van der Waals surface area contributed by atoms with Crippen molar-refractivity contribution in [3.8, 4) is 6.07 Å². The lowest BCUT2D eigenvalue weighted by Gasteiger charge is -2.27. The first kappa shape index (κ1) is 12.9. The summed E-state index contributed by atoms with van der Waals surface area (Å²) in [6.45, 7) is 0.666. The van der Waals surface area contributed by atoms with Crippen molar-refractivity contribution in [2.24, 2.45) is 5.92 Å². The number of hydrogen-bond donors (Lipinski definition) is 1. The van der Waals surface area contributed by atoms with Gasteiger partial charge in [-0.05, 0) is 37.1 Å². The summed E-state index contributed by atoms with van der Waals surface area (Å²) < 4.78 is 37.8. The Hall–Kier alpha value is -1.54. The quantitative estimate of drug-likeness (QED) is 0.834. The Bertz CT molecular complexity index is 462. The molecule has 2 rings (SSSR count). The van der Waals surface area contributed by atoms with Gasteiger partial charge in [0.25, 0.3) is 0 Å². The Morgan fingerprint density at radius 3 is 2.78 bits per heavy atom. The molecule has 1 saturated heterocycles. The molecule has 96 valence electrons. The van der Waals surface area contributed by atoms with Gasteiger partial charge in [0.2, 0.25) is 0 Å². The van der Waals surface area contributed by atoms with Crippen LogP contribution >= 0.6 is 0 Å². The first-order valence-electron chi connectivity index (χ1n) is 5.81. The van der Waals surface area contributed by atoms with E-state index in [9.17, 15) is 13.2 Å². The molecule has 2 unspecified atom stereocenters. The molecule has 0 amide bonds. The van der Waals surface area contributed by atoms with Crippen molar-refractivity contribution in [2.45, 2.75) is 25.1 Å². The molecule has 0 bridgehead atoms. The summed E-state index contributed by atoms with van der Waals surface area (Å²) in [7, 11) is 0. The van der Waals surface area contributed by atoms with Crippen LogP contribution in [-0.2, 0) is 6.18 Å². The molecule has 5 heteroatoms. The van der Waals surface area contributed by atoms with Gasteiger partial charge in [-0.2, -0.15) is 18.4 Å². The van der Waals surface area contributed by atoms with Crippen LogP contribution in [0.15, 0.2) is 24.3 Å². The molecule has 0 spiro atoms. The predicted octanol–water partition coefficient (Wildman–Crippen LogP) is 3.27. The minimum Gasteiger partial charge on any atom is -0.310 e. The molecule has 18 heavy (non-hydrogen) atoms.